The smallest absolute Gasteiger partial charge is 0.257 e. The van der Waals surface area contributed by atoms with Crippen LogP contribution in [0.25, 0.3) is 0 Å². The predicted octanol–water partition coefficient (Wildman–Crippen LogP) is 3.90. The molecule has 0 unspecified atom stereocenters. The van der Waals surface area contributed by atoms with E-state index in [9.17, 15) is 4.79 Å². The molecule has 0 aliphatic carbocycles. The maximum Gasteiger partial charge on any atom is 0.257 e. The Bertz CT molecular complexity index is 575. The third-order valence-corrected chi connectivity index (χ3v) is 4.25. The van der Waals surface area contributed by atoms with Gasteiger partial charge in [-0.2, -0.15) is 0 Å². The minimum absolute atomic E-state index is 0.0359. The van der Waals surface area contributed by atoms with E-state index in [1.54, 1.807) is 23.5 Å². The Morgan fingerprint density at radius 1 is 1.40 bits per heavy atom. The van der Waals surface area contributed by atoms with Crippen LogP contribution in [0.5, 0.6) is 5.75 Å². The molecule has 0 atom stereocenters. The normalized spacial score (nSPS) is 10.3. The SMILES string of the molecule is O=C(COc1ccc(Br)cc1Cl)NCCc1cccs1. The molecule has 0 radical (unpaired) electrons. The molecular formula is C14H13BrClNO2S. The third kappa shape index (κ3) is 4.81. The summed E-state index contributed by atoms with van der Waals surface area (Å²) in [6, 6.07) is 9.32. The fourth-order valence-electron chi connectivity index (χ4n) is 1.57. The van der Waals surface area contributed by atoms with Crippen molar-refractivity contribution in [1.82, 2.24) is 5.32 Å². The molecule has 3 nitrogen and oxygen atoms in total. The van der Waals surface area contributed by atoms with Crippen molar-refractivity contribution in [3.05, 3.63) is 50.1 Å². The highest BCUT2D eigenvalue weighted by Crippen LogP contribution is 2.27. The van der Waals surface area contributed by atoms with E-state index in [0.717, 1.165) is 10.9 Å². The summed E-state index contributed by atoms with van der Waals surface area (Å²) in [6.45, 7) is 0.572. The van der Waals surface area contributed by atoms with E-state index >= 15 is 0 Å². The van der Waals surface area contributed by atoms with E-state index in [2.05, 4.69) is 27.3 Å². The first-order chi connectivity index (χ1) is 9.65. The summed E-state index contributed by atoms with van der Waals surface area (Å²) in [7, 11) is 0. The van der Waals surface area contributed by atoms with Gasteiger partial charge >= 0.3 is 0 Å². The van der Waals surface area contributed by atoms with Crippen LogP contribution >= 0.6 is 38.9 Å². The van der Waals surface area contributed by atoms with Gasteiger partial charge in [-0.3, -0.25) is 4.79 Å². The van der Waals surface area contributed by atoms with Crippen molar-refractivity contribution in [1.29, 1.82) is 0 Å². The van der Waals surface area contributed by atoms with E-state index in [-0.39, 0.29) is 12.5 Å². The number of amides is 1. The van der Waals surface area contributed by atoms with Crippen molar-refractivity contribution in [2.75, 3.05) is 13.2 Å². The average molecular weight is 375 g/mol. The minimum Gasteiger partial charge on any atom is -0.482 e. The summed E-state index contributed by atoms with van der Waals surface area (Å²) in [5, 5.41) is 5.31. The van der Waals surface area contributed by atoms with Crippen LogP contribution in [0, 0.1) is 0 Å². The second-order valence-corrected chi connectivity index (χ2v) is 6.40. The zero-order valence-electron chi connectivity index (χ0n) is 10.6. The second kappa shape index (κ2) is 7.67. The number of carbonyl (C=O) groups excluding carboxylic acids is 1. The summed E-state index contributed by atoms with van der Waals surface area (Å²) in [4.78, 5) is 12.9. The summed E-state index contributed by atoms with van der Waals surface area (Å²) in [6.07, 6.45) is 0.836. The molecule has 1 aromatic carbocycles. The molecule has 2 aromatic rings. The second-order valence-electron chi connectivity index (χ2n) is 4.04. The highest BCUT2D eigenvalue weighted by molar-refractivity contribution is 9.10. The Balaban J connectivity index is 1.72. The molecular weight excluding hydrogens is 362 g/mol. The lowest BCUT2D eigenvalue weighted by atomic mass is 10.3. The van der Waals surface area contributed by atoms with Crippen molar-refractivity contribution in [3.8, 4) is 5.75 Å². The molecule has 0 saturated carbocycles. The Hall–Kier alpha value is -1.04. The van der Waals surface area contributed by atoms with Gasteiger partial charge in [0.15, 0.2) is 6.61 Å². The van der Waals surface area contributed by atoms with Crippen molar-refractivity contribution in [2.45, 2.75) is 6.42 Å². The van der Waals surface area contributed by atoms with Gasteiger partial charge in [-0.25, -0.2) is 0 Å². The van der Waals surface area contributed by atoms with E-state index in [1.165, 1.54) is 4.88 Å². The van der Waals surface area contributed by atoms with E-state index in [0.29, 0.717) is 17.3 Å². The standard InChI is InChI=1S/C14H13BrClNO2S/c15-10-3-4-13(12(16)8-10)19-9-14(18)17-6-5-11-2-1-7-20-11/h1-4,7-8H,5-6,9H2,(H,17,18). The lowest BCUT2D eigenvalue weighted by Crippen LogP contribution is -2.30. The highest BCUT2D eigenvalue weighted by atomic mass is 79.9. The molecule has 1 amide bonds. The largest absolute Gasteiger partial charge is 0.482 e. The van der Waals surface area contributed by atoms with Crippen LogP contribution in [0.2, 0.25) is 5.02 Å². The highest BCUT2D eigenvalue weighted by Gasteiger charge is 2.06. The van der Waals surface area contributed by atoms with Gasteiger partial charge in [0.2, 0.25) is 0 Å². The molecule has 1 heterocycles. The molecule has 0 bridgehead atoms. The van der Waals surface area contributed by atoms with E-state index < -0.39 is 0 Å². The van der Waals surface area contributed by atoms with Gasteiger partial charge in [-0.05, 0) is 36.1 Å². The molecule has 6 heteroatoms. The van der Waals surface area contributed by atoms with Crippen molar-refractivity contribution in [2.24, 2.45) is 0 Å². The number of hydrogen-bond acceptors (Lipinski definition) is 3. The van der Waals surface area contributed by atoms with E-state index in [4.69, 9.17) is 16.3 Å². The van der Waals surface area contributed by atoms with Crippen LogP contribution in [0.1, 0.15) is 4.88 Å². The predicted molar refractivity (Wildman–Crippen MR) is 85.7 cm³/mol. The minimum atomic E-state index is -0.152. The van der Waals surface area contributed by atoms with Gasteiger partial charge in [0.1, 0.15) is 5.75 Å². The summed E-state index contributed by atoms with van der Waals surface area (Å²) >= 11 is 11.0. The van der Waals surface area contributed by atoms with Gasteiger partial charge < -0.3 is 10.1 Å². The fourth-order valence-corrected chi connectivity index (χ4v) is 3.00. The van der Waals surface area contributed by atoms with Gasteiger partial charge in [0, 0.05) is 15.9 Å². The quantitative estimate of drug-likeness (QED) is 0.833. The first-order valence-corrected chi connectivity index (χ1v) is 8.07. The molecule has 0 fully saturated rings. The average Bonchev–Trinajstić information content (AvgIpc) is 2.91. The molecule has 1 aromatic heterocycles. The summed E-state index contributed by atoms with van der Waals surface area (Å²) < 4.78 is 6.25. The number of halogens is 2. The number of rotatable bonds is 6. The zero-order chi connectivity index (χ0) is 14.4. The van der Waals surface area contributed by atoms with E-state index in [1.807, 2.05) is 17.5 Å². The zero-order valence-corrected chi connectivity index (χ0v) is 13.7. The molecule has 0 aliphatic heterocycles. The first kappa shape index (κ1) is 15.4. The maximum absolute atomic E-state index is 11.6. The number of thiophene rings is 1. The molecule has 0 saturated heterocycles. The van der Waals surface area contributed by atoms with Crippen molar-refractivity contribution >= 4 is 44.8 Å². The van der Waals surface area contributed by atoms with Gasteiger partial charge in [-0.1, -0.05) is 33.6 Å². The fraction of sp³-hybridized carbons (Fsp3) is 0.214. The third-order valence-electron chi connectivity index (χ3n) is 2.53. The Kier molecular flexibility index (Phi) is 5.88. The number of benzene rings is 1. The Morgan fingerprint density at radius 2 is 2.25 bits per heavy atom. The van der Waals surface area contributed by atoms with Crippen LogP contribution < -0.4 is 10.1 Å². The van der Waals surface area contributed by atoms with Gasteiger partial charge in [-0.15, -0.1) is 11.3 Å². The van der Waals surface area contributed by atoms with Crippen LogP contribution in [0.4, 0.5) is 0 Å². The molecule has 1 N–H and O–H groups in total. The maximum atomic E-state index is 11.6. The molecule has 2 rings (SSSR count). The lowest BCUT2D eigenvalue weighted by Gasteiger charge is -2.08. The molecule has 106 valence electrons. The van der Waals surface area contributed by atoms with Gasteiger partial charge in [0.05, 0.1) is 5.02 Å². The monoisotopic (exact) mass is 373 g/mol. The number of carbonyl (C=O) groups is 1. The Labute approximate surface area is 135 Å². The van der Waals surface area contributed by atoms with Crippen LogP contribution in [-0.4, -0.2) is 19.1 Å². The molecule has 0 aliphatic rings. The van der Waals surface area contributed by atoms with Crippen LogP contribution in [0.15, 0.2) is 40.2 Å². The van der Waals surface area contributed by atoms with Crippen molar-refractivity contribution < 1.29 is 9.53 Å². The number of nitrogens with one attached hydrogen (secondary N) is 1. The van der Waals surface area contributed by atoms with Crippen molar-refractivity contribution in [3.63, 3.8) is 0 Å². The topological polar surface area (TPSA) is 38.3 Å². The van der Waals surface area contributed by atoms with Gasteiger partial charge in [0.25, 0.3) is 5.91 Å². The van der Waals surface area contributed by atoms with Crippen LogP contribution in [0.3, 0.4) is 0 Å². The number of hydrogen-bond donors (Lipinski definition) is 1. The number of ether oxygens (including phenoxy) is 1. The summed E-state index contributed by atoms with van der Waals surface area (Å²) in [5.41, 5.74) is 0. The first-order valence-electron chi connectivity index (χ1n) is 6.02. The lowest BCUT2D eigenvalue weighted by molar-refractivity contribution is -0.123. The van der Waals surface area contributed by atoms with Crippen LogP contribution in [-0.2, 0) is 11.2 Å². The Morgan fingerprint density at radius 3 is 2.95 bits per heavy atom. The molecule has 0 spiro atoms. The molecule has 20 heavy (non-hydrogen) atoms. The summed E-state index contributed by atoms with van der Waals surface area (Å²) in [5.74, 6) is 0.351.